The van der Waals surface area contributed by atoms with Crippen molar-refractivity contribution in [3.63, 3.8) is 0 Å². The van der Waals surface area contributed by atoms with Crippen LogP contribution in [0.1, 0.15) is 41.5 Å². The van der Waals surface area contributed by atoms with Gasteiger partial charge in [0.2, 0.25) is 16.8 Å². The largest absolute Gasteiger partial charge is 0.497 e. The molecule has 1 saturated heterocycles. The van der Waals surface area contributed by atoms with Crippen LogP contribution >= 0.6 is 0 Å². The number of hydrogen-bond acceptors (Lipinski definition) is 9. The SMILES string of the molecule is COc1cc(C)c(S(=O)(=O)N(Cc2ccc3c(c2)OCO3)[C@H](COC2CCCCO2)C(=O)NOCc2ccccc2)c(C)c1. The Morgan fingerprint density at radius 1 is 1.00 bits per heavy atom. The fourth-order valence-corrected chi connectivity index (χ4v) is 7.27. The molecule has 0 radical (unpaired) electrons. The first-order valence-electron chi connectivity index (χ1n) is 14.5. The highest BCUT2D eigenvalue weighted by Gasteiger charge is 2.39. The van der Waals surface area contributed by atoms with Crippen LogP contribution in [0.3, 0.4) is 0 Å². The number of nitrogens with zero attached hydrogens (tertiary/aromatic N) is 1. The third-order valence-corrected chi connectivity index (χ3v) is 9.66. The van der Waals surface area contributed by atoms with E-state index in [0.717, 1.165) is 22.7 Å². The molecule has 2 aliphatic rings. The van der Waals surface area contributed by atoms with E-state index in [0.29, 0.717) is 47.0 Å². The van der Waals surface area contributed by atoms with Crippen molar-refractivity contribution in [2.24, 2.45) is 0 Å². The van der Waals surface area contributed by atoms with E-state index in [1.165, 1.54) is 7.11 Å². The molecule has 1 amide bonds. The lowest BCUT2D eigenvalue weighted by Crippen LogP contribution is -2.52. The van der Waals surface area contributed by atoms with Gasteiger partial charge in [0.05, 0.1) is 25.2 Å². The Labute approximate surface area is 258 Å². The number of carbonyl (C=O) groups excluding carboxylic acids is 1. The molecule has 12 heteroatoms. The average Bonchev–Trinajstić information content (AvgIpc) is 3.49. The van der Waals surface area contributed by atoms with Gasteiger partial charge in [-0.15, -0.1) is 0 Å². The highest BCUT2D eigenvalue weighted by molar-refractivity contribution is 7.89. The number of sulfonamides is 1. The highest BCUT2D eigenvalue weighted by atomic mass is 32.2. The summed E-state index contributed by atoms with van der Waals surface area (Å²) in [5.74, 6) is 0.912. The zero-order valence-electron chi connectivity index (χ0n) is 25.1. The van der Waals surface area contributed by atoms with Crippen molar-refractivity contribution in [3.05, 3.63) is 82.9 Å². The van der Waals surface area contributed by atoms with Crippen LogP contribution in [0.15, 0.2) is 65.6 Å². The van der Waals surface area contributed by atoms with E-state index in [1.54, 1.807) is 44.2 Å². The number of carbonyl (C=O) groups is 1. The number of nitrogens with one attached hydrogen (secondary N) is 1. The summed E-state index contributed by atoms with van der Waals surface area (Å²) < 4.78 is 58.5. The average molecular weight is 627 g/mol. The standard InChI is InChI=1S/C32H38N2O9S/c1-22-15-26(38-3)16-23(2)31(22)44(36,37)34(18-25-12-13-28-29(17-25)42-21-41-28)27(20-40-30-11-7-8-14-39-30)32(35)33-43-19-24-9-5-4-6-10-24/h4-6,9-10,12-13,15-17,27,30H,7-8,11,14,18-21H2,1-3H3,(H,33,35)/t27-,30?/m1/s1. The van der Waals surface area contributed by atoms with Crippen molar-refractivity contribution in [1.82, 2.24) is 9.79 Å². The second kappa shape index (κ2) is 14.4. The third-order valence-electron chi connectivity index (χ3n) is 7.49. The molecule has 2 atom stereocenters. The van der Waals surface area contributed by atoms with Gasteiger partial charge >= 0.3 is 0 Å². The summed E-state index contributed by atoms with van der Waals surface area (Å²) in [5, 5.41) is 0. The van der Waals surface area contributed by atoms with Crippen LogP contribution in [0.4, 0.5) is 0 Å². The summed E-state index contributed by atoms with van der Waals surface area (Å²) in [7, 11) is -2.78. The number of hydroxylamine groups is 1. The van der Waals surface area contributed by atoms with Gasteiger partial charge in [-0.1, -0.05) is 36.4 Å². The number of hydrogen-bond donors (Lipinski definition) is 1. The van der Waals surface area contributed by atoms with Crippen LogP contribution in [0.5, 0.6) is 17.2 Å². The number of aryl methyl sites for hydroxylation is 2. The summed E-state index contributed by atoms with van der Waals surface area (Å²) in [6.07, 6.45) is 1.91. The molecule has 5 rings (SSSR count). The molecule has 0 aliphatic carbocycles. The maximum Gasteiger partial charge on any atom is 0.264 e. The van der Waals surface area contributed by atoms with Crippen LogP contribution in [0.2, 0.25) is 0 Å². The van der Waals surface area contributed by atoms with E-state index in [1.807, 2.05) is 30.3 Å². The molecule has 44 heavy (non-hydrogen) atoms. The second-order valence-corrected chi connectivity index (χ2v) is 12.5. The summed E-state index contributed by atoms with van der Waals surface area (Å²) in [4.78, 5) is 19.5. The van der Waals surface area contributed by atoms with Crippen LogP contribution in [0, 0.1) is 13.8 Å². The monoisotopic (exact) mass is 626 g/mol. The Hall–Kier alpha value is -3.68. The Balaban J connectivity index is 1.50. The predicted octanol–water partition coefficient (Wildman–Crippen LogP) is 4.39. The summed E-state index contributed by atoms with van der Waals surface area (Å²) >= 11 is 0. The first-order valence-corrected chi connectivity index (χ1v) is 15.9. The molecule has 2 heterocycles. The molecule has 1 N–H and O–H groups in total. The Morgan fingerprint density at radius 3 is 2.45 bits per heavy atom. The smallest absolute Gasteiger partial charge is 0.264 e. The molecular formula is C32H38N2O9S. The third kappa shape index (κ3) is 7.51. The van der Waals surface area contributed by atoms with E-state index in [4.69, 9.17) is 28.5 Å². The lowest BCUT2D eigenvalue weighted by atomic mass is 10.1. The van der Waals surface area contributed by atoms with Crippen molar-refractivity contribution in [2.75, 3.05) is 27.1 Å². The minimum atomic E-state index is -4.31. The Kier molecular flexibility index (Phi) is 10.4. The lowest BCUT2D eigenvalue weighted by Gasteiger charge is -2.32. The number of fused-ring (bicyclic) bond motifs is 1. The van der Waals surface area contributed by atoms with Crippen molar-refractivity contribution in [2.45, 2.75) is 63.5 Å². The van der Waals surface area contributed by atoms with Gasteiger partial charge in [0, 0.05) is 13.2 Å². The summed E-state index contributed by atoms with van der Waals surface area (Å²) in [6, 6.07) is 16.5. The molecule has 3 aromatic rings. The maximum atomic E-state index is 14.6. The van der Waals surface area contributed by atoms with Gasteiger partial charge in [-0.05, 0) is 79.6 Å². The summed E-state index contributed by atoms with van der Waals surface area (Å²) in [6.45, 7) is 3.68. The Morgan fingerprint density at radius 2 is 1.75 bits per heavy atom. The van der Waals surface area contributed by atoms with Crippen molar-refractivity contribution < 1.29 is 41.7 Å². The normalized spacial score (nSPS) is 17.0. The van der Waals surface area contributed by atoms with Gasteiger partial charge in [-0.25, -0.2) is 13.9 Å². The quantitative estimate of drug-likeness (QED) is 0.275. The van der Waals surface area contributed by atoms with E-state index in [9.17, 15) is 13.2 Å². The van der Waals surface area contributed by atoms with Gasteiger partial charge in [0.25, 0.3) is 5.91 Å². The summed E-state index contributed by atoms with van der Waals surface area (Å²) in [5.41, 5.74) is 4.86. The number of amides is 1. The van der Waals surface area contributed by atoms with Crippen molar-refractivity contribution in [1.29, 1.82) is 0 Å². The van der Waals surface area contributed by atoms with Gasteiger partial charge in [-0.2, -0.15) is 4.31 Å². The molecule has 0 spiro atoms. The highest BCUT2D eigenvalue weighted by Crippen LogP contribution is 2.35. The Bertz CT molecular complexity index is 1520. The number of ether oxygens (including phenoxy) is 5. The molecule has 236 valence electrons. The fraction of sp³-hybridized carbons (Fsp3) is 0.406. The van der Waals surface area contributed by atoms with Crippen LogP contribution in [-0.4, -0.2) is 58.1 Å². The molecule has 11 nitrogen and oxygen atoms in total. The predicted molar refractivity (Wildman–Crippen MR) is 160 cm³/mol. The van der Waals surface area contributed by atoms with Gasteiger partial charge in [0.15, 0.2) is 17.8 Å². The van der Waals surface area contributed by atoms with Gasteiger partial charge < -0.3 is 23.7 Å². The van der Waals surface area contributed by atoms with Crippen LogP contribution < -0.4 is 19.7 Å². The van der Waals surface area contributed by atoms with Crippen LogP contribution in [0.25, 0.3) is 0 Å². The molecule has 0 aromatic heterocycles. The minimum absolute atomic E-state index is 0.0735. The molecule has 1 fully saturated rings. The maximum absolute atomic E-state index is 14.6. The van der Waals surface area contributed by atoms with E-state index >= 15 is 0 Å². The number of rotatable bonds is 13. The van der Waals surface area contributed by atoms with Crippen molar-refractivity contribution >= 4 is 15.9 Å². The van der Waals surface area contributed by atoms with E-state index < -0.39 is 28.3 Å². The van der Waals surface area contributed by atoms with Gasteiger partial charge in [-0.3, -0.25) is 9.63 Å². The molecule has 3 aromatic carbocycles. The zero-order valence-corrected chi connectivity index (χ0v) is 25.9. The van der Waals surface area contributed by atoms with E-state index in [-0.39, 0.29) is 31.4 Å². The topological polar surface area (TPSA) is 122 Å². The zero-order chi connectivity index (χ0) is 31.1. The molecule has 0 saturated carbocycles. The minimum Gasteiger partial charge on any atom is -0.497 e. The fourth-order valence-electron chi connectivity index (χ4n) is 5.30. The van der Waals surface area contributed by atoms with E-state index in [2.05, 4.69) is 5.48 Å². The first kappa shape index (κ1) is 31.7. The first-order chi connectivity index (χ1) is 21.3. The molecule has 1 unspecified atom stereocenters. The molecule has 0 bridgehead atoms. The lowest BCUT2D eigenvalue weighted by molar-refractivity contribution is -0.173. The molecular weight excluding hydrogens is 588 g/mol. The number of benzene rings is 3. The van der Waals surface area contributed by atoms with Gasteiger partial charge in [0.1, 0.15) is 11.8 Å². The molecule has 2 aliphatic heterocycles. The second-order valence-electron chi connectivity index (χ2n) is 10.7. The van der Waals surface area contributed by atoms with Crippen molar-refractivity contribution in [3.8, 4) is 17.2 Å². The van der Waals surface area contributed by atoms with Crippen LogP contribution in [-0.2, 0) is 42.3 Å². The number of methoxy groups -OCH3 is 1.